The molecule has 2 aliphatic carbocycles. The van der Waals surface area contributed by atoms with Crippen LogP contribution in [0.1, 0.15) is 65.5 Å². The molecule has 0 unspecified atom stereocenters. The second-order valence-electron chi connectivity index (χ2n) is 9.24. The van der Waals surface area contributed by atoms with Crippen LogP contribution in [0.2, 0.25) is 0 Å². The van der Waals surface area contributed by atoms with Gasteiger partial charge < -0.3 is 5.32 Å². The van der Waals surface area contributed by atoms with Gasteiger partial charge in [-0.2, -0.15) is 0 Å². The maximum absolute atomic E-state index is 13.1. The molecule has 0 saturated heterocycles. The van der Waals surface area contributed by atoms with Gasteiger partial charge in [-0.1, -0.05) is 19.9 Å². The molecule has 0 fully saturated rings. The van der Waals surface area contributed by atoms with E-state index in [9.17, 15) is 4.79 Å². The second kappa shape index (κ2) is 7.31. The van der Waals surface area contributed by atoms with Gasteiger partial charge in [-0.25, -0.2) is 9.97 Å². The first-order valence-corrected chi connectivity index (χ1v) is 10.7. The molecule has 3 aromatic rings. The van der Waals surface area contributed by atoms with Crippen molar-refractivity contribution in [3.05, 3.63) is 76.9 Å². The number of carbonyl (C=O) groups is 1. The van der Waals surface area contributed by atoms with Crippen molar-refractivity contribution in [1.29, 1.82) is 0 Å². The number of hydrogen-bond acceptors (Lipinski definition) is 4. The van der Waals surface area contributed by atoms with Crippen LogP contribution in [0.3, 0.4) is 0 Å². The Morgan fingerprint density at radius 3 is 2.73 bits per heavy atom. The van der Waals surface area contributed by atoms with Gasteiger partial charge in [0, 0.05) is 35.3 Å². The van der Waals surface area contributed by atoms with Gasteiger partial charge in [0.2, 0.25) is 0 Å². The monoisotopic (exact) mass is 398 g/mol. The molecule has 0 radical (unpaired) electrons. The topological polar surface area (TPSA) is 67.8 Å². The molecule has 30 heavy (non-hydrogen) atoms. The molecule has 1 N–H and O–H groups in total. The number of hydrogen-bond donors (Lipinski definition) is 1. The molecule has 0 spiro atoms. The molecule has 2 aromatic heterocycles. The molecule has 5 nitrogen and oxygen atoms in total. The molecule has 1 aromatic carbocycles. The van der Waals surface area contributed by atoms with Crippen LogP contribution in [0.4, 0.5) is 0 Å². The highest BCUT2D eigenvalue weighted by atomic mass is 16.1. The van der Waals surface area contributed by atoms with Gasteiger partial charge >= 0.3 is 0 Å². The first-order valence-electron chi connectivity index (χ1n) is 10.7. The molecule has 152 valence electrons. The number of carbonyl (C=O) groups excluding carboxylic acids is 1. The fraction of sp³-hybridized carbons (Fsp3) is 0.360. The minimum absolute atomic E-state index is 0.0171. The SMILES string of the molecule is CC1(C)Cc2nc(-c3ccncc3)ncc2[C@@H](NC(=O)c2ccc3c(c2)CCC3)C1. The number of fused-ring (bicyclic) bond motifs is 2. The fourth-order valence-electron chi connectivity index (χ4n) is 4.77. The Hall–Kier alpha value is -3.08. The van der Waals surface area contributed by atoms with E-state index >= 15 is 0 Å². The molecular weight excluding hydrogens is 372 g/mol. The summed E-state index contributed by atoms with van der Waals surface area (Å²) in [7, 11) is 0. The third-order valence-electron chi connectivity index (χ3n) is 6.28. The summed E-state index contributed by atoms with van der Waals surface area (Å²) in [6.45, 7) is 4.47. The summed E-state index contributed by atoms with van der Waals surface area (Å²) in [5.41, 5.74) is 6.50. The Kier molecular flexibility index (Phi) is 4.61. The van der Waals surface area contributed by atoms with Crippen LogP contribution in [-0.2, 0) is 19.3 Å². The first-order chi connectivity index (χ1) is 14.5. The summed E-state index contributed by atoms with van der Waals surface area (Å²) in [6, 6.07) is 9.88. The van der Waals surface area contributed by atoms with Gasteiger partial charge in [0.1, 0.15) is 0 Å². The quantitative estimate of drug-likeness (QED) is 0.707. The molecule has 1 amide bonds. The summed E-state index contributed by atoms with van der Waals surface area (Å²) >= 11 is 0. The standard InChI is InChI=1S/C25H26N4O/c1-25(2)13-21-20(15-27-23(28-21)17-8-10-26-11-9-17)22(14-25)29-24(30)19-7-6-16-4-3-5-18(16)12-19/h6-12,15,22H,3-5,13-14H2,1-2H3,(H,29,30)/t22-/m0/s1. The van der Waals surface area contributed by atoms with Gasteiger partial charge in [0.15, 0.2) is 5.82 Å². The minimum Gasteiger partial charge on any atom is -0.345 e. The van der Waals surface area contributed by atoms with Crippen LogP contribution >= 0.6 is 0 Å². The van der Waals surface area contributed by atoms with Gasteiger partial charge in [-0.15, -0.1) is 0 Å². The lowest BCUT2D eigenvalue weighted by Gasteiger charge is -2.36. The summed E-state index contributed by atoms with van der Waals surface area (Å²) in [5.74, 6) is 0.689. The molecule has 2 heterocycles. The minimum atomic E-state index is -0.0870. The van der Waals surface area contributed by atoms with Crippen molar-refractivity contribution in [2.45, 2.75) is 52.0 Å². The number of nitrogens with zero attached hydrogens (tertiary/aromatic N) is 3. The maximum atomic E-state index is 13.1. The lowest BCUT2D eigenvalue weighted by molar-refractivity contribution is 0.0919. The molecule has 2 aliphatic rings. The van der Waals surface area contributed by atoms with E-state index < -0.39 is 0 Å². The Morgan fingerprint density at radius 1 is 1.10 bits per heavy atom. The number of nitrogens with one attached hydrogen (secondary N) is 1. The van der Waals surface area contributed by atoms with Crippen LogP contribution in [0, 0.1) is 5.41 Å². The molecule has 5 heteroatoms. The van der Waals surface area contributed by atoms with E-state index in [1.54, 1.807) is 12.4 Å². The smallest absolute Gasteiger partial charge is 0.251 e. The van der Waals surface area contributed by atoms with Gasteiger partial charge in [-0.3, -0.25) is 9.78 Å². The normalized spacial score (nSPS) is 19.1. The van der Waals surface area contributed by atoms with Gasteiger partial charge in [0.05, 0.1) is 11.7 Å². The average Bonchev–Trinajstić information content (AvgIpc) is 3.21. The third-order valence-corrected chi connectivity index (χ3v) is 6.28. The van der Waals surface area contributed by atoms with Crippen LogP contribution in [-0.4, -0.2) is 20.9 Å². The number of benzene rings is 1. The molecular formula is C25H26N4O. The van der Waals surface area contributed by atoms with E-state index in [2.05, 4.69) is 41.3 Å². The zero-order valence-electron chi connectivity index (χ0n) is 17.5. The largest absolute Gasteiger partial charge is 0.345 e. The lowest BCUT2D eigenvalue weighted by Crippen LogP contribution is -2.37. The number of pyridine rings is 1. The predicted octanol–water partition coefficient (Wildman–Crippen LogP) is 4.47. The molecule has 1 atom stereocenters. The van der Waals surface area contributed by atoms with Crippen LogP contribution < -0.4 is 5.32 Å². The zero-order valence-corrected chi connectivity index (χ0v) is 17.5. The van der Waals surface area contributed by atoms with E-state index in [-0.39, 0.29) is 17.4 Å². The number of rotatable bonds is 3. The number of aromatic nitrogens is 3. The molecule has 5 rings (SSSR count). The van der Waals surface area contributed by atoms with E-state index in [1.807, 2.05) is 24.4 Å². The Labute approximate surface area is 177 Å². The van der Waals surface area contributed by atoms with Crippen molar-refractivity contribution in [3.8, 4) is 11.4 Å². The number of amides is 1. The van der Waals surface area contributed by atoms with E-state index in [0.29, 0.717) is 5.82 Å². The Bertz CT molecular complexity index is 1110. The van der Waals surface area contributed by atoms with Crippen molar-refractivity contribution in [2.24, 2.45) is 5.41 Å². The summed E-state index contributed by atoms with van der Waals surface area (Å²) < 4.78 is 0. The molecule has 0 aliphatic heterocycles. The van der Waals surface area contributed by atoms with E-state index in [4.69, 9.17) is 4.98 Å². The van der Waals surface area contributed by atoms with Crippen LogP contribution in [0.15, 0.2) is 48.9 Å². The van der Waals surface area contributed by atoms with Crippen LogP contribution in [0.5, 0.6) is 0 Å². The Balaban J connectivity index is 1.44. The first kappa shape index (κ1) is 18.9. The maximum Gasteiger partial charge on any atom is 0.251 e. The summed E-state index contributed by atoms with van der Waals surface area (Å²) in [5, 5.41) is 3.27. The highest BCUT2D eigenvalue weighted by molar-refractivity contribution is 5.94. The van der Waals surface area contributed by atoms with Crippen molar-refractivity contribution in [2.75, 3.05) is 0 Å². The van der Waals surface area contributed by atoms with Gasteiger partial charge in [-0.05, 0) is 72.9 Å². The lowest BCUT2D eigenvalue weighted by atomic mass is 9.74. The Morgan fingerprint density at radius 2 is 1.90 bits per heavy atom. The van der Waals surface area contributed by atoms with E-state index in [1.165, 1.54) is 17.5 Å². The summed E-state index contributed by atoms with van der Waals surface area (Å²) in [4.78, 5) is 26.6. The van der Waals surface area contributed by atoms with E-state index in [0.717, 1.165) is 48.1 Å². The van der Waals surface area contributed by atoms with Crippen molar-refractivity contribution in [1.82, 2.24) is 20.3 Å². The zero-order chi connectivity index (χ0) is 20.7. The van der Waals surface area contributed by atoms with Crippen molar-refractivity contribution >= 4 is 5.91 Å². The molecule has 0 bridgehead atoms. The highest BCUT2D eigenvalue weighted by Crippen LogP contribution is 2.40. The van der Waals surface area contributed by atoms with Crippen molar-refractivity contribution in [3.63, 3.8) is 0 Å². The van der Waals surface area contributed by atoms with Crippen molar-refractivity contribution < 1.29 is 4.79 Å². The highest BCUT2D eigenvalue weighted by Gasteiger charge is 2.34. The number of aryl methyl sites for hydroxylation is 2. The third kappa shape index (κ3) is 3.60. The van der Waals surface area contributed by atoms with Gasteiger partial charge in [0.25, 0.3) is 5.91 Å². The van der Waals surface area contributed by atoms with Crippen LogP contribution in [0.25, 0.3) is 11.4 Å². The second-order valence-corrected chi connectivity index (χ2v) is 9.24. The fourth-order valence-corrected chi connectivity index (χ4v) is 4.77. The summed E-state index contributed by atoms with van der Waals surface area (Å²) in [6.07, 6.45) is 10.5. The average molecular weight is 399 g/mol. The predicted molar refractivity (Wildman–Crippen MR) is 116 cm³/mol. The molecule has 0 saturated carbocycles.